The number of hydrogen-bond acceptors (Lipinski definition) is 3. The van der Waals surface area contributed by atoms with Crippen LogP contribution in [0.3, 0.4) is 0 Å². The number of aryl methyl sites for hydroxylation is 1. The summed E-state index contributed by atoms with van der Waals surface area (Å²) in [7, 11) is 1.50. The van der Waals surface area contributed by atoms with Gasteiger partial charge in [-0.2, -0.15) is 0 Å². The maximum Gasteiger partial charge on any atom is 0.0563 e. The number of rotatable bonds is 3. The molecule has 0 heterocycles. The van der Waals surface area contributed by atoms with Crippen LogP contribution in [-0.4, -0.2) is 17.9 Å². The Bertz CT molecular complexity index is 585. The first kappa shape index (κ1) is 16.9. The third-order valence-electron chi connectivity index (χ3n) is 6.60. The molecule has 0 N–H and O–H groups in total. The molecule has 1 saturated carbocycles. The van der Waals surface area contributed by atoms with Gasteiger partial charge < -0.3 is 10.0 Å². The molecule has 0 saturated heterocycles. The van der Waals surface area contributed by atoms with E-state index < -0.39 is 5.54 Å². The molecule has 23 heavy (non-hydrogen) atoms. The molecule has 1 aromatic carbocycles. The summed E-state index contributed by atoms with van der Waals surface area (Å²) in [6.45, 7) is 8.96. The summed E-state index contributed by atoms with van der Waals surface area (Å²) in [5, 5.41) is 13.3. The molecule has 0 radical (unpaired) electrons. The van der Waals surface area contributed by atoms with E-state index in [1.54, 1.807) is 0 Å². The average Bonchev–Trinajstić information content (AvgIpc) is 2.53. The van der Waals surface area contributed by atoms with Crippen LogP contribution in [0.2, 0.25) is 0 Å². The lowest BCUT2D eigenvalue weighted by Gasteiger charge is -2.60. The van der Waals surface area contributed by atoms with Gasteiger partial charge in [0.05, 0.1) is 7.11 Å². The normalized spacial score (nSPS) is 33.7. The summed E-state index contributed by atoms with van der Waals surface area (Å²) in [6, 6.07) is 7.03. The largest absolute Gasteiger partial charge is 0.762 e. The fraction of sp³-hybridized carbons (Fsp3) is 0.700. The van der Waals surface area contributed by atoms with Crippen LogP contribution in [0.1, 0.15) is 76.0 Å². The molecule has 1 fully saturated rings. The molecule has 0 spiro atoms. The van der Waals surface area contributed by atoms with Gasteiger partial charge in [-0.05, 0) is 66.5 Å². The predicted octanol–water partition coefficient (Wildman–Crippen LogP) is 4.93. The zero-order valence-corrected chi connectivity index (χ0v) is 15.2. The molecule has 3 rings (SSSR count). The van der Waals surface area contributed by atoms with Crippen molar-refractivity contribution in [3.8, 4) is 0 Å². The minimum Gasteiger partial charge on any atom is -0.762 e. The Balaban J connectivity index is 2.04. The highest BCUT2D eigenvalue weighted by atomic mass is 16.9. The van der Waals surface area contributed by atoms with Gasteiger partial charge in [-0.15, -0.1) is 0 Å². The molecule has 128 valence electrons. The highest BCUT2D eigenvalue weighted by Gasteiger charge is 2.52. The zero-order chi connectivity index (χ0) is 16.8. The van der Waals surface area contributed by atoms with Crippen molar-refractivity contribution in [2.75, 3.05) is 7.11 Å². The molecule has 0 aromatic heterocycles. The molecule has 0 amide bonds. The lowest BCUT2D eigenvalue weighted by Crippen LogP contribution is -2.59. The van der Waals surface area contributed by atoms with Crippen molar-refractivity contribution < 1.29 is 4.84 Å². The van der Waals surface area contributed by atoms with Crippen molar-refractivity contribution in [3.63, 3.8) is 0 Å². The third kappa shape index (κ3) is 2.54. The smallest absolute Gasteiger partial charge is 0.0563 e. The molecule has 3 heteroatoms. The second-order valence-corrected chi connectivity index (χ2v) is 8.23. The highest BCUT2D eigenvalue weighted by Crippen LogP contribution is 2.55. The van der Waals surface area contributed by atoms with Crippen LogP contribution < -0.4 is 0 Å². The van der Waals surface area contributed by atoms with Crippen LogP contribution in [0.15, 0.2) is 18.2 Å². The van der Waals surface area contributed by atoms with Gasteiger partial charge in [-0.1, -0.05) is 45.4 Å². The Morgan fingerprint density at radius 3 is 2.65 bits per heavy atom. The van der Waals surface area contributed by atoms with Gasteiger partial charge in [-0.3, -0.25) is 5.23 Å². The van der Waals surface area contributed by atoms with E-state index in [0.717, 1.165) is 30.9 Å². The minimum atomic E-state index is -0.420. The summed E-state index contributed by atoms with van der Waals surface area (Å²) in [5.74, 6) is 0.909. The van der Waals surface area contributed by atoms with Crippen molar-refractivity contribution in [1.29, 1.82) is 0 Å². The van der Waals surface area contributed by atoms with E-state index in [2.05, 4.69) is 45.9 Å². The maximum absolute atomic E-state index is 12.4. The summed E-state index contributed by atoms with van der Waals surface area (Å²) in [6.07, 6.45) is 5.31. The summed E-state index contributed by atoms with van der Waals surface area (Å²) in [5.41, 5.74) is 4.04. The first-order chi connectivity index (χ1) is 10.8. The topological polar surface area (TPSA) is 35.5 Å². The van der Waals surface area contributed by atoms with E-state index in [0.29, 0.717) is 11.8 Å². The van der Waals surface area contributed by atoms with Crippen LogP contribution in [0.4, 0.5) is 0 Å². The lowest BCUT2D eigenvalue weighted by molar-refractivity contribution is -0.198. The van der Waals surface area contributed by atoms with Crippen molar-refractivity contribution in [3.05, 3.63) is 40.1 Å². The molecule has 3 atom stereocenters. The molecule has 2 aliphatic rings. The van der Waals surface area contributed by atoms with E-state index >= 15 is 0 Å². The van der Waals surface area contributed by atoms with Crippen LogP contribution in [0, 0.1) is 11.1 Å². The molecule has 0 bridgehead atoms. The van der Waals surface area contributed by atoms with E-state index in [1.165, 1.54) is 30.2 Å². The quantitative estimate of drug-likeness (QED) is 0.741. The Kier molecular flexibility index (Phi) is 4.33. The molecular weight excluding hydrogens is 286 g/mol. The van der Waals surface area contributed by atoms with Crippen molar-refractivity contribution in [2.45, 2.75) is 76.7 Å². The van der Waals surface area contributed by atoms with Gasteiger partial charge in [0.25, 0.3) is 0 Å². The van der Waals surface area contributed by atoms with Gasteiger partial charge in [0.2, 0.25) is 0 Å². The highest BCUT2D eigenvalue weighted by molar-refractivity contribution is 5.42. The molecular formula is C20H30NO2-. The molecule has 2 aliphatic carbocycles. The fourth-order valence-corrected chi connectivity index (χ4v) is 5.26. The SMILES string of the molecule is CON([O-])C1(C)CCCC2(C)c3ccc(C(C)C)cc3CCC21. The number of fused-ring (bicyclic) bond motifs is 3. The summed E-state index contributed by atoms with van der Waals surface area (Å²) >= 11 is 0. The Morgan fingerprint density at radius 1 is 1.26 bits per heavy atom. The van der Waals surface area contributed by atoms with Gasteiger partial charge in [0, 0.05) is 5.54 Å². The maximum atomic E-state index is 12.4. The second-order valence-electron chi connectivity index (χ2n) is 8.23. The van der Waals surface area contributed by atoms with Crippen LogP contribution >= 0.6 is 0 Å². The van der Waals surface area contributed by atoms with E-state index in [9.17, 15) is 5.21 Å². The summed E-state index contributed by atoms with van der Waals surface area (Å²) < 4.78 is 0. The van der Waals surface area contributed by atoms with Crippen molar-refractivity contribution in [2.24, 2.45) is 5.92 Å². The van der Waals surface area contributed by atoms with Crippen LogP contribution in [-0.2, 0) is 16.7 Å². The van der Waals surface area contributed by atoms with Crippen molar-refractivity contribution in [1.82, 2.24) is 5.23 Å². The monoisotopic (exact) mass is 316 g/mol. The summed E-state index contributed by atoms with van der Waals surface area (Å²) in [4.78, 5) is 5.10. The molecule has 3 nitrogen and oxygen atoms in total. The standard InChI is InChI=1S/C20H30NO2/c1-14(2)15-7-9-17-16(13-15)8-10-18-19(17,3)11-6-12-20(18,4)21(22)23-5/h7,9,13-14,18H,6,8,10-12H2,1-5H3/q-1. The lowest BCUT2D eigenvalue weighted by atomic mass is 9.52. The van der Waals surface area contributed by atoms with E-state index in [1.807, 2.05) is 0 Å². The number of hydrogen-bond donors (Lipinski definition) is 0. The molecule has 3 unspecified atom stereocenters. The fourth-order valence-electron chi connectivity index (χ4n) is 5.26. The first-order valence-electron chi connectivity index (χ1n) is 8.97. The Labute approximate surface area is 140 Å². The first-order valence-corrected chi connectivity index (χ1v) is 8.97. The van der Waals surface area contributed by atoms with E-state index in [4.69, 9.17) is 4.84 Å². The van der Waals surface area contributed by atoms with Gasteiger partial charge in [0.1, 0.15) is 0 Å². The zero-order valence-electron chi connectivity index (χ0n) is 15.2. The van der Waals surface area contributed by atoms with Crippen LogP contribution in [0.5, 0.6) is 0 Å². The van der Waals surface area contributed by atoms with Gasteiger partial charge >= 0.3 is 0 Å². The average molecular weight is 316 g/mol. The Hall–Kier alpha value is -0.900. The van der Waals surface area contributed by atoms with Crippen LogP contribution in [0.25, 0.3) is 0 Å². The van der Waals surface area contributed by atoms with Crippen molar-refractivity contribution >= 4 is 0 Å². The minimum absolute atomic E-state index is 0.0806. The predicted molar refractivity (Wildman–Crippen MR) is 94.2 cm³/mol. The van der Waals surface area contributed by atoms with Gasteiger partial charge in [-0.25, -0.2) is 0 Å². The number of benzene rings is 1. The third-order valence-corrected chi connectivity index (χ3v) is 6.60. The van der Waals surface area contributed by atoms with E-state index in [-0.39, 0.29) is 5.41 Å². The van der Waals surface area contributed by atoms with Gasteiger partial charge in [0.15, 0.2) is 0 Å². The number of nitrogens with zero attached hydrogens (tertiary/aromatic N) is 1. The molecule has 0 aliphatic heterocycles. The Morgan fingerprint density at radius 2 is 2.00 bits per heavy atom. The number of hydroxylamine groups is 2. The molecule has 1 aromatic rings. The second kappa shape index (κ2) is 5.87.